The normalized spacial score (nSPS) is 16.7. The molecule has 1 saturated carbocycles. The molecule has 4 N–H and O–H groups in total. The van der Waals surface area contributed by atoms with Gasteiger partial charge in [0.1, 0.15) is 26.7 Å². The molecular weight excluding hydrogens is 536 g/mol. The number of benzene rings is 2. The number of hydrogen-bond acceptors (Lipinski definition) is 6. The van der Waals surface area contributed by atoms with E-state index in [0.29, 0.717) is 16.8 Å². The van der Waals surface area contributed by atoms with E-state index in [0.717, 1.165) is 56.8 Å². The van der Waals surface area contributed by atoms with Crippen LogP contribution in [0, 0.1) is 6.92 Å². The van der Waals surface area contributed by atoms with Crippen molar-refractivity contribution in [2.75, 3.05) is 13.6 Å². The number of carbonyl (C=O) groups is 2. The van der Waals surface area contributed by atoms with Crippen LogP contribution in [0.15, 0.2) is 60.8 Å². The molecule has 2 atom stereocenters. The van der Waals surface area contributed by atoms with Crippen molar-refractivity contribution in [3.05, 3.63) is 76.7 Å². The number of H-pyrrole nitrogens is 1. The van der Waals surface area contributed by atoms with Gasteiger partial charge >= 0.3 is 0 Å². The molecule has 1 fully saturated rings. The van der Waals surface area contributed by atoms with Crippen LogP contribution in [0.2, 0.25) is 0 Å². The highest BCUT2D eigenvalue weighted by Gasteiger charge is 2.29. The highest BCUT2D eigenvalue weighted by atomic mass is 32.1. The summed E-state index contributed by atoms with van der Waals surface area (Å²) in [5.41, 5.74) is 4.25. The number of ether oxygens (including phenoxy) is 1. The van der Waals surface area contributed by atoms with E-state index in [-0.39, 0.29) is 30.4 Å². The standard InChI is InChI=1S/C31H32N6O3S/c1-18-15-23(40-22-7-5-4-6-8-22)11-12-24(18)37-19(2)34-28-27-25(37)13-14-33-31(27)41-29(28)30(39)36-21-10-9-20(16-21)35-26(38)17-32-3/h4-8,11-15,20-21,32,34H,2,9-10,16-17H2,1,3H3,(H,35,38)(H,36,39)/t20-,21?/m1/s1. The fraction of sp³-hybridized carbons (Fsp3) is 0.258. The molecule has 0 saturated heterocycles. The number of carbonyl (C=O) groups excluding carboxylic acids is 2. The van der Waals surface area contributed by atoms with E-state index in [4.69, 9.17) is 4.74 Å². The summed E-state index contributed by atoms with van der Waals surface area (Å²) in [6.07, 6.45) is 4.13. The van der Waals surface area contributed by atoms with Gasteiger partial charge in [-0.15, -0.1) is 11.3 Å². The lowest BCUT2D eigenvalue weighted by atomic mass is 10.1. The first-order valence-electron chi connectivity index (χ1n) is 13.7. The highest BCUT2D eigenvalue weighted by molar-refractivity contribution is 7.21. The molecule has 3 aromatic heterocycles. The molecule has 0 bridgehead atoms. The Balaban J connectivity index is 1.29. The summed E-state index contributed by atoms with van der Waals surface area (Å²) in [7, 11) is 1.75. The molecule has 2 amide bonds. The van der Waals surface area contributed by atoms with E-state index < -0.39 is 0 Å². The number of aromatic amines is 1. The van der Waals surface area contributed by atoms with Gasteiger partial charge in [-0.1, -0.05) is 24.8 Å². The topological polar surface area (TPSA) is 113 Å². The molecule has 210 valence electrons. The second kappa shape index (κ2) is 11.2. The van der Waals surface area contributed by atoms with E-state index in [1.54, 1.807) is 13.2 Å². The van der Waals surface area contributed by atoms with Crippen molar-refractivity contribution >= 4 is 51.0 Å². The minimum absolute atomic E-state index is 0.00483. The van der Waals surface area contributed by atoms with Crippen molar-refractivity contribution in [3.8, 4) is 17.2 Å². The molecule has 41 heavy (non-hydrogen) atoms. The minimum atomic E-state index is -0.145. The first-order chi connectivity index (χ1) is 19.9. The lowest BCUT2D eigenvalue weighted by molar-refractivity contribution is -0.120. The predicted octanol–water partition coefficient (Wildman–Crippen LogP) is 4.35. The van der Waals surface area contributed by atoms with Crippen LogP contribution >= 0.6 is 11.3 Å². The van der Waals surface area contributed by atoms with E-state index in [1.165, 1.54) is 11.3 Å². The number of para-hydroxylation sites is 1. The summed E-state index contributed by atoms with van der Waals surface area (Å²) in [6, 6.07) is 17.7. The van der Waals surface area contributed by atoms with Gasteiger partial charge in [-0.05, 0) is 75.2 Å². The van der Waals surface area contributed by atoms with Crippen LogP contribution in [-0.4, -0.2) is 52.0 Å². The summed E-state index contributed by atoms with van der Waals surface area (Å²) < 4.78 is 8.09. The van der Waals surface area contributed by atoms with Gasteiger partial charge in [-0.3, -0.25) is 14.2 Å². The number of nitrogens with zero attached hydrogens (tertiary/aromatic N) is 2. The molecule has 1 unspecified atom stereocenters. The van der Waals surface area contributed by atoms with Crippen LogP contribution < -0.4 is 26.2 Å². The number of nitrogens with one attached hydrogen (secondary N) is 4. The Morgan fingerprint density at radius 3 is 2.63 bits per heavy atom. The lowest BCUT2D eigenvalue weighted by Crippen LogP contribution is -2.40. The maximum absolute atomic E-state index is 13.5. The lowest BCUT2D eigenvalue weighted by Gasteiger charge is -2.17. The van der Waals surface area contributed by atoms with Crippen molar-refractivity contribution < 1.29 is 14.3 Å². The fourth-order valence-electron chi connectivity index (χ4n) is 5.59. The zero-order valence-corrected chi connectivity index (χ0v) is 23.8. The Bertz CT molecular complexity index is 1810. The zero-order valence-electron chi connectivity index (χ0n) is 23.0. The highest BCUT2D eigenvalue weighted by Crippen LogP contribution is 2.35. The van der Waals surface area contributed by atoms with Crippen LogP contribution in [0.4, 0.5) is 0 Å². The molecule has 6 rings (SSSR count). The van der Waals surface area contributed by atoms with E-state index >= 15 is 0 Å². The fourth-order valence-corrected chi connectivity index (χ4v) is 6.62. The summed E-state index contributed by atoms with van der Waals surface area (Å²) >= 11 is 1.37. The number of rotatable bonds is 8. The molecule has 9 nitrogen and oxygen atoms in total. The minimum Gasteiger partial charge on any atom is -0.457 e. The number of thiophene rings is 1. The van der Waals surface area contributed by atoms with Gasteiger partial charge < -0.3 is 25.7 Å². The molecule has 0 radical (unpaired) electrons. The Labute approximate surface area is 241 Å². The van der Waals surface area contributed by atoms with Gasteiger partial charge in [0, 0.05) is 18.3 Å². The number of likely N-dealkylation sites (N-methyl/N-ethyl adjacent to an activating group) is 1. The van der Waals surface area contributed by atoms with Gasteiger partial charge in [0.05, 0.1) is 28.7 Å². The van der Waals surface area contributed by atoms with Gasteiger partial charge in [0.15, 0.2) is 0 Å². The summed E-state index contributed by atoms with van der Waals surface area (Å²) in [4.78, 5) is 34.8. The summed E-state index contributed by atoms with van der Waals surface area (Å²) in [5, 5.41) is 9.97. The average Bonchev–Trinajstić information content (AvgIpc) is 3.55. The molecule has 5 aromatic rings. The third-order valence-corrected chi connectivity index (χ3v) is 8.51. The van der Waals surface area contributed by atoms with Crippen molar-refractivity contribution in [1.82, 2.24) is 30.5 Å². The van der Waals surface area contributed by atoms with Crippen molar-refractivity contribution in [2.24, 2.45) is 0 Å². The van der Waals surface area contributed by atoms with Crippen molar-refractivity contribution in [1.29, 1.82) is 0 Å². The first-order valence-corrected chi connectivity index (χ1v) is 14.5. The third kappa shape index (κ3) is 5.36. The van der Waals surface area contributed by atoms with Crippen molar-refractivity contribution in [3.63, 3.8) is 0 Å². The Kier molecular flexibility index (Phi) is 7.34. The summed E-state index contributed by atoms with van der Waals surface area (Å²) in [6.45, 7) is 6.64. The number of aryl methyl sites for hydroxylation is 1. The Morgan fingerprint density at radius 2 is 1.88 bits per heavy atom. The first kappa shape index (κ1) is 26.8. The van der Waals surface area contributed by atoms with Gasteiger partial charge in [-0.25, -0.2) is 4.98 Å². The second-order valence-corrected chi connectivity index (χ2v) is 11.4. The molecule has 3 heterocycles. The molecule has 1 aliphatic carbocycles. The van der Waals surface area contributed by atoms with Crippen LogP contribution in [0.5, 0.6) is 11.5 Å². The van der Waals surface area contributed by atoms with E-state index in [2.05, 4.69) is 37.1 Å². The third-order valence-electron chi connectivity index (χ3n) is 7.41. The number of amides is 2. The summed E-state index contributed by atoms with van der Waals surface area (Å²) in [5.74, 6) is 1.35. The number of aromatic nitrogens is 3. The smallest absolute Gasteiger partial charge is 0.263 e. The quantitative estimate of drug-likeness (QED) is 0.222. The molecule has 0 aliphatic heterocycles. The largest absolute Gasteiger partial charge is 0.457 e. The van der Waals surface area contributed by atoms with Crippen LogP contribution in [-0.2, 0) is 4.79 Å². The van der Waals surface area contributed by atoms with Gasteiger partial charge in [0.2, 0.25) is 5.91 Å². The predicted molar refractivity (Wildman–Crippen MR) is 163 cm³/mol. The number of pyridine rings is 1. The van der Waals surface area contributed by atoms with E-state index in [1.807, 2.05) is 61.5 Å². The van der Waals surface area contributed by atoms with Gasteiger partial charge in [-0.2, -0.15) is 0 Å². The van der Waals surface area contributed by atoms with E-state index in [9.17, 15) is 9.59 Å². The molecule has 2 aromatic carbocycles. The van der Waals surface area contributed by atoms with Crippen LogP contribution in [0.25, 0.3) is 33.5 Å². The molecule has 0 spiro atoms. The SMILES string of the molecule is C=c1[nH]c2c(C(=O)NC3CC[C@@H](NC(=O)CNC)C3)sc3nccc(c32)n1-c1ccc(Oc2ccccc2)cc1C. The van der Waals surface area contributed by atoms with Gasteiger partial charge in [0.25, 0.3) is 5.91 Å². The average molecular weight is 569 g/mol. The molecular formula is C31H32N6O3S. The number of hydrogen-bond donors (Lipinski definition) is 4. The monoisotopic (exact) mass is 568 g/mol. The molecule has 1 aliphatic rings. The Hall–Kier alpha value is -4.41. The van der Waals surface area contributed by atoms with Crippen molar-refractivity contribution in [2.45, 2.75) is 38.3 Å². The van der Waals surface area contributed by atoms with Crippen LogP contribution in [0.1, 0.15) is 34.5 Å². The zero-order chi connectivity index (χ0) is 28.5. The van der Waals surface area contributed by atoms with Crippen LogP contribution in [0.3, 0.4) is 0 Å². The maximum Gasteiger partial charge on any atom is 0.263 e. The maximum atomic E-state index is 13.5. The second-order valence-electron chi connectivity index (χ2n) is 10.4. The molecule has 10 heteroatoms. The Morgan fingerprint density at radius 1 is 1.10 bits per heavy atom.